The van der Waals surface area contributed by atoms with Gasteiger partial charge < -0.3 is 35.5 Å². The Hall–Kier alpha value is -4.46. The van der Waals surface area contributed by atoms with Gasteiger partial charge in [0.15, 0.2) is 59.3 Å². The molecule has 1 amide bonds. The molecule has 2 aliphatic rings. The van der Waals surface area contributed by atoms with Gasteiger partial charge in [0.1, 0.15) is 30.4 Å². The number of esters is 1. The number of aliphatic hydroxyl groups excluding tert-OH is 2. The van der Waals surface area contributed by atoms with Crippen molar-refractivity contribution in [2.45, 2.75) is 76.4 Å². The van der Waals surface area contributed by atoms with Crippen LogP contribution >= 0.6 is 0 Å². The van der Waals surface area contributed by atoms with Crippen molar-refractivity contribution < 1.29 is 42.8 Å². The maximum absolute atomic E-state index is 14.6. The molecule has 2 saturated heterocycles. The van der Waals surface area contributed by atoms with Gasteiger partial charge in [-0.1, -0.05) is 6.92 Å². The van der Waals surface area contributed by atoms with Crippen molar-refractivity contribution in [1.82, 2.24) is 39.0 Å². The van der Waals surface area contributed by atoms with Gasteiger partial charge in [-0.15, -0.1) is 0 Å². The van der Waals surface area contributed by atoms with Crippen LogP contribution in [0.3, 0.4) is 0 Å². The van der Waals surface area contributed by atoms with Crippen molar-refractivity contribution in [3.8, 4) is 0 Å². The Kier molecular flexibility index (Phi) is 8.90. The zero-order valence-electron chi connectivity index (χ0n) is 23.7. The number of carbonyl (C=O) groups is 2. The standard InChI is InChI=1S/C15H18FN5O4.C10H12FN5O3/c1-4-9-10(16)12(24-8(3)23)15(25-9)21-6-19-11-13(20-7(2)22)17-5-18-14(11)21;11-5-4(1-17)19-10(7(5)18)16-3-15-6-8(12)13-2-14-9(6)16/h5-6,9-10,12,15H,4H2,1-3H3,(H,17,18,20,22);2-5,7,10,17-18H,1H2,(H2,12,13,14)/t9-,10+,12?,15-;4-,5+,7?,10-/m11/s1. The first kappa shape index (κ1) is 31.0. The van der Waals surface area contributed by atoms with Crippen LogP contribution in [-0.4, -0.2) is 104 Å². The van der Waals surface area contributed by atoms with Crippen molar-refractivity contribution in [2.75, 3.05) is 17.7 Å². The molecule has 236 valence electrons. The van der Waals surface area contributed by atoms with Gasteiger partial charge in [0.05, 0.1) is 25.4 Å². The summed E-state index contributed by atoms with van der Waals surface area (Å²) in [6, 6.07) is 0. The lowest BCUT2D eigenvalue weighted by atomic mass is 10.1. The van der Waals surface area contributed by atoms with Crippen LogP contribution in [0.25, 0.3) is 22.3 Å². The molecule has 17 nitrogen and oxygen atoms in total. The predicted octanol–water partition coefficient (Wildman–Crippen LogP) is 0.359. The first-order valence-corrected chi connectivity index (χ1v) is 13.5. The lowest BCUT2D eigenvalue weighted by Gasteiger charge is -2.20. The second-order valence-corrected chi connectivity index (χ2v) is 9.98. The fraction of sp³-hybridized carbons (Fsp3) is 0.520. The minimum Gasteiger partial charge on any atom is -0.454 e. The number of aromatic nitrogens is 8. The van der Waals surface area contributed by atoms with Gasteiger partial charge in [-0.2, -0.15) is 0 Å². The van der Waals surface area contributed by atoms with E-state index in [9.17, 15) is 23.5 Å². The zero-order valence-corrected chi connectivity index (χ0v) is 23.7. The number of nitrogen functional groups attached to an aromatic ring is 1. The van der Waals surface area contributed by atoms with Crippen LogP contribution < -0.4 is 11.1 Å². The summed E-state index contributed by atoms with van der Waals surface area (Å²) in [6.45, 7) is 3.83. The van der Waals surface area contributed by atoms with Crippen molar-refractivity contribution in [3.05, 3.63) is 25.3 Å². The number of imidazole rings is 2. The number of alkyl halides is 2. The molecule has 4 aromatic heterocycles. The Labute approximate surface area is 247 Å². The summed E-state index contributed by atoms with van der Waals surface area (Å²) in [5.41, 5.74) is 6.99. The number of halogens is 2. The number of rotatable bonds is 6. The summed E-state index contributed by atoms with van der Waals surface area (Å²) in [6.07, 6.45) is -3.69. The Morgan fingerprint density at radius 2 is 1.57 bits per heavy atom. The van der Waals surface area contributed by atoms with Crippen LogP contribution in [-0.2, 0) is 23.8 Å². The highest BCUT2D eigenvalue weighted by Gasteiger charge is 2.48. The summed E-state index contributed by atoms with van der Waals surface area (Å²) in [7, 11) is 0. The molecule has 8 atom stereocenters. The van der Waals surface area contributed by atoms with Crippen molar-refractivity contribution >= 4 is 45.8 Å². The molecule has 2 unspecified atom stereocenters. The minimum absolute atomic E-state index is 0.187. The van der Waals surface area contributed by atoms with Crippen LogP contribution in [0, 0.1) is 0 Å². The molecule has 5 N–H and O–H groups in total. The van der Waals surface area contributed by atoms with Gasteiger partial charge in [-0.25, -0.2) is 38.7 Å². The van der Waals surface area contributed by atoms with Crippen LogP contribution in [0.2, 0.25) is 0 Å². The van der Waals surface area contributed by atoms with E-state index in [2.05, 4.69) is 35.2 Å². The fourth-order valence-electron chi connectivity index (χ4n) is 5.00. The van der Waals surface area contributed by atoms with E-state index >= 15 is 0 Å². The second-order valence-electron chi connectivity index (χ2n) is 9.98. The third kappa shape index (κ3) is 5.73. The molecule has 0 aromatic carbocycles. The molecule has 6 heterocycles. The number of nitrogens with one attached hydrogen (secondary N) is 1. The molecule has 0 aliphatic carbocycles. The number of hydrogen-bond donors (Lipinski definition) is 4. The van der Waals surface area contributed by atoms with E-state index in [0.717, 1.165) is 0 Å². The molecule has 0 bridgehead atoms. The molecule has 0 spiro atoms. The van der Waals surface area contributed by atoms with E-state index in [0.29, 0.717) is 28.7 Å². The molecule has 0 saturated carbocycles. The molecule has 0 radical (unpaired) electrons. The van der Waals surface area contributed by atoms with E-state index in [-0.39, 0.29) is 17.5 Å². The highest BCUT2D eigenvalue weighted by atomic mass is 19.1. The van der Waals surface area contributed by atoms with Crippen LogP contribution in [0.5, 0.6) is 0 Å². The quantitative estimate of drug-likeness (QED) is 0.214. The van der Waals surface area contributed by atoms with Gasteiger partial charge in [0.25, 0.3) is 0 Å². The largest absolute Gasteiger partial charge is 0.454 e. The summed E-state index contributed by atoms with van der Waals surface area (Å²) in [4.78, 5) is 46.7. The Bertz CT molecular complexity index is 1650. The summed E-state index contributed by atoms with van der Waals surface area (Å²) < 4.78 is 47.3. The topological polar surface area (TPSA) is 228 Å². The number of hydrogen-bond acceptors (Lipinski definition) is 14. The van der Waals surface area contributed by atoms with Gasteiger partial charge in [0, 0.05) is 13.8 Å². The fourth-order valence-corrected chi connectivity index (χ4v) is 5.00. The van der Waals surface area contributed by atoms with E-state index in [4.69, 9.17) is 25.1 Å². The number of ether oxygens (including phenoxy) is 3. The zero-order chi connectivity index (χ0) is 31.7. The Morgan fingerprint density at radius 3 is 2.18 bits per heavy atom. The number of fused-ring (bicyclic) bond motifs is 2. The monoisotopic (exact) mass is 620 g/mol. The highest BCUT2D eigenvalue weighted by Crippen LogP contribution is 2.37. The van der Waals surface area contributed by atoms with Crippen molar-refractivity contribution in [1.29, 1.82) is 0 Å². The molecular weight excluding hydrogens is 590 g/mol. The minimum atomic E-state index is -1.67. The molecule has 44 heavy (non-hydrogen) atoms. The first-order valence-electron chi connectivity index (χ1n) is 13.5. The first-order chi connectivity index (χ1) is 21.0. The number of nitrogens with two attached hydrogens (primary N) is 1. The molecule has 2 aliphatic heterocycles. The maximum atomic E-state index is 14.6. The van der Waals surface area contributed by atoms with Crippen LogP contribution in [0.15, 0.2) is 25.3 Å². The van der Waals surface area contributed by atoms with Crippen molar-refractivity contribution in [2.24, 2.45) is 0 Å². The van der Waals surface area contributed by atoms with Crippen LogP contribution in [0.4, 0.5) is 20.4 Å². The van der Waals surface area contributed by atoms with Gasteiger partial charge in [0.2, 0.25) is 5.91 Å². The van der Waals surface area contributed by atoms with E-state index < -0.39 is 61.8 Å². The van der Waals surface area contributed by atoms with Crippen molar-refractivity contribution in [3.63, 3.8) is 0 Å². The summed E-state index contributed by atoms with van der Waals surface area (Å²) in [5.74, 6) is -0.482. The molecule has 6 rings (SSSR count). The van der Waals surface area contributed by atoms with Gasteiger partial charge >= 0.3 is 5.97 Å². The van der Waals surface area contributed by atoms with Gasteiger partial charge in [-0.05, 0) is 6.42 Å². The normalized spacial score (nSPS) is 28.2. The van der Waals surface area contributed by atoms with E-state index in [1.165, 1.54) is 48.3 Å². The second kappa shape index (κ2) is 12.6. The third-order valence-electron chi connectivity index (χ3n) is 7.03. The number of nitrogens with zero attached hydrogens (tertiary/aromatic N) is 8. The number of aliphatic hydroxyl groups is 2. The number of anilines is 2. The SMILES string of the molecule is CC[C@H]1O[C@@H](n2cnc3c(NC(C)=O)ncnc32)C(OC(C)=O)[C@H]1F.Nc1ncnc2c1ncn2[C@@H]1O[C@H](CO)[C@H](F)C1O. The Balaban J connectivity index is 0.000000181. The highest BCUT2D eigenvalue weighted by molar-refractivity contribution is 5.95. The lowest BCUT2D eigenvalue weighted by molar-refractivity contribution is -0.154. The smallest absolute Gasteiger partial charge is 0.303 e. The predicted molar refractivity (Wildman–Crippen MR) is 146 cm³/mol. The molecule has 19 heteroatoms. The molecule has 4 aromatic rings. The Morgan fingerprint density at radius 1 is 0.955 bits per heavy atom. The summed E-state index contributed by atoms with van der Waals surface area (Å²) in [5, 5.41) is 21.4. The van der Waals surface area contributed by atoms with E-state index in [1.54, 1.807) is 6.92 Å². The van der Waals surface area contributed by atoms with Crippen LogP contribution in [0.1, 0.15) is 39.6 Å². The summed E-state index contributed by atoms with van der Waals surface area (Å²) >= 11 is 0. The van der Waals surface area contributed by atoms with E-state index in [1.807, 2.05) is 0 Å². The van der Waals surface area contributed by atoms with Gasteiger partial charge in [-0.3, -0.25) is 18.7 Å². The number of carbonyl (C=O) groups excluding carboxylic acids is 2. The third-order valence-corrected chi connectivity index (χ3v) is 7.03. The molecular formula is C25H30F2N10O7. The number of amides is 1. The molecule has 2 fully saturated rings. The maximum Gasteiger partial charge on any atom is 0.303 e. The average Bonchev–Trinajstić information content (AvgIpc) is 3.75. The lowest BCUT2D eigenvalue weighted by Crippen LogP contribution is -2.32. The average molecular weight is 621 g/mol.